The van der Waals surface area contributed by atoms with Crippen molar-refractivity contribution < 1.29 is 4.39 Å². The number of halogens is 1. The Morgan fingerprint density at radius 1 is 1.33 bits per heavy atom. The van der Waals surface area contributed by atoms with Crippen LogP contribution in [0.25, 0.3) is 0 Å². The molecule has 2 nitrogen and oxygen atoms in total. The van der Waals surface area contributed by atoms with Gasteiger partial charge in [-0.05, 0) is 6.92 Å². The third kappa shape index (κ3) is 1.62. The van der Waals surface area contributed by atoms with Gasteiger partial charge in [-0.25, -0.2) is 4.39 Å². The Morgan fingerprint density at radius 2 is 1.83 bits per heavy atom. The lowest BCUT2D eigenvalue weighted by molar-refractivity contribution is 0.141. The van der Waals surface area contributed by atoms with E-state index < -0.39 is 11.8 Å². The van der Waals surface area contributed by atoms with E-state index in [4.69, 9.17) is 11.5 Å². The molecule has 2 atom stereocenters. The quantitative estimate of drug-likeness (QED) is 0.650. The van der Waals surface area contributed by atoms with Crippen LogP contribution in [0.3, 0.4) is 0 Å². The third-order valence-corrected chi connectivity index (χ3v) is 1.88. The van der Waals surface area contributed by atoms with E-state index in [1.54, 1.807) is 37.3 Å². The molecular formula is C9H13FN2. The molecule has 2 unspecified atom stereocenters. The highest BCUT2D eigenvalue weighted by atomic mass is 19.1. The van der Waals surface area contributed by atoms with E-state index in [0.717, 1.165) is 0 Å². The SMILES string of the molecule is CC(N)C(N)(F)c1ccccc1. The second-order valence-electron chi connectivity index (χ2n) is 2.92. The molecule has 0 aliphatic heterocycles. The molecule has 3 heteroatoms. The maximum absolute atomic E-state index is 13.6. The molecule has 1 aromatic rings. The summed E-state index contributed by atoms with van der Waals surface area (Å²) < 4.78 is 13.6. The number of nitrogens with two attached hydrogens (primary N) is 2. The van der Waals surface area contributed by atoms with Gasteiger partial charge in [-0.2, -0.15) is 0 Å². The van der Waals surface area contributed by atoms with Gasteiger partial charge in [-0.3, -0.25) is 5.73 Å². The van der Waals surface area contributed by atoms with Gasteiger partial charge < -0.3 is 5.73 Å². The molecule has 0 aliphatic rings. The van der Waals surface area contributed by atoms with Gasteiger partial charge in [0.1, 0.15) is 0 Å². The summed E-state index contributed by atoms with van der Waals surface area (Å²) in [7, 11) is 0. The number of rotatable bonds is 2. The highest BCUT2D eigenvalue weighted by molar-refractivity contribution is 5.22. The monoisotopic (exact) mass is 168 g/mol. The molecule has 0 aromatic heterocycles. The maximum atomic E-state index is 13.6. The molecule has 4 N–H and O–H groups in total. The molecule has 0 heterocycles. The molecule has 0 radical (unpaired) electrons. The summed E-state index contributed by atoms with van der Waals surface area (Å²) in [6.45, 7) is 1.55. The molecule has 66 valence electrons. The average molecular weight is 168 g/mol. The van der Waals surface area contributed by atoms with Crippen LogP contribution in [0.1, 0.15) is 12.5 Å². The van der Waals surface area contributed by atoms with Crippen molar-refractivity contribution in [3.63, 3.8) is 0 Å². The van der Waals surface area contributed by atoms with E-state index in [2.05, 4.69) is 0 Å². The fourth-order valence-electron chi connectivity index (χ4n) is 0.956. The Bertz CT molecular complexity index is 244. The van der Waals surface area contributed by atoms with Crippen LogP contribution in [0.15, 0.2) is 30.3 Å². The predicted molar refractivity (Wildman–Crippen MR) is 47.1 cm³/mol. The molecule has 12 heavy (non-hydrogen) atoms. The van der Waals surface area contributed by atoms with E-state index >= 15 is 0 Å². The minimum Gasteiger partial charge on any atom is -0.324 e. The first-order valence-corrected chi connectivity index (χ1v) is 3.84. The summed E-state index contributed by atoms with van der Waals surface area (Å²) in [4.78, 5) is 0. The number of hydrogen-bond acceptors (Lipinski definition) is 2. The Kier molecular flexibility index (Phi) is 2.45. The van der Waals surface area contributed by atoms with Crippen LogP contribution < -0.4 is 11.5 Å². The van der Waals surface area contributed by atoms with Crippen molar-refractivity contribution >= 4 is 0 Å². The van der Waals surface area contributed by atoms with Gasteiger partial charge in [0, 0.05) is 5.56 Å². The first-order chi connectivity index (χ1) is 5.55. The highest BCUT2D eigenvalue weighted by Crippen LogP contribution is 2.21. The van der Waals surface area contributed by atoms with Crippen LogP contribution >= 0.6 is 0 Å². The smallest absolute Gasteiger partial charge is 0.199 e. The lowest BCUT2D eigenvalue weighted by atomic mass is 9.99. The maximum Gasteiger partial charge on any atom is 0.199 e. The molecule has 0 bridgehead atoms. The first-order valence-electron chi connectivity index (χ1n) is 3.84. The molecule has 0 spiro atoms. The summed E-state index contributed by atoms with van der Waals surface area (Å²) in [6, 6.07) is 7.82. The zero-order chi connectivity index (χ0) is 9.19. The third-order valence-electron chi connectivity index (χ3n) is 1.88. The van der Waals surface area contributed by atoms with Gasteiger partial charge in [-0.15, -0.1) is 0 Å². The zero-order valence-electron chi connectivity index (χ0n) is 7.00. The van der Waals surface area contributed by atoms with Gasteiger partial charge in [0.25, 0.3) is 0 Å². The molecule has 0 amide bonds. The summed E-state index contributed by atoms with van der Waals surface area (Å²) in [5.41, 5.74) is 11.2. The Hall–Kier alpha value is -0.930. The standard InChI is InChI=1S/C9H13FN2/c1-7(11)9(10,12)8-5-3-2-4-6-8/h2-7H,11-12H2,1H3. The van der Waals surface area contributed by atoms with Crippen LogP contribution in [0.2, 0.25) is 0 Å². The van der Waals surface area contributed by atoms with Crippen molar-refractivity contribution in [1.29, 1.82) is 0 Å². The predicted octanol–water partition coefficient (Wildman–Crippen LogP) is 1.11. The first kappa shape index (κ1) is 9.16. The van der Waals surface area contributed by atoms with Gasteiger partial charge in [-0.1, -0.05) is 30.3 Å². The normalized spacial score (nSPS) is 18.3. The van der Waals surface area contributed by atoms with E-state index in [0.29, 0.717) is 5.56 Å². The van der Waals surface area contributed by atoms with Crippen molar-refractivity contribution in [2.75, 3.05) is 0 Å². The van der Waals surface area contributed by atoms with Gasteiger partial charge in [0.2, 0.25) is 0 Å². The van der Waals surface area contributed by atoms with Gasteiger partial charge in [0.15, 0.2) is 5.79 Å². The summed E-state index contributed by atoms with van der Waals surface area (Å²) >= 11 is 0. The Balaban J connectivity index is 2.98. The van der Waals surface area contributed by atoms with E-state index in [1.807, 2.05) is 0 Å². The highest BCUT2D eigenvalue weighted by Gasteiger charge is 2.30. The Labute approximate surface area is 71.4 Å². The van der Waals surface area contributed by atoms with E-state index in [1.165, 1.54) is 0 Å². The molecule has 0 aliphatic carbocycles. The van der Waals surface area contributed by atoms with Crippen LogP contribution in [0.4, 0.5) is 4.39 Å². The fraction of sp³-hybridized carbons (Fsp3) is 0.333. The van der Waals surface area contributed by atoms with E-state index in [-0.39, 0.29) is 0 Å². The number of hydrogen-bond donors (Lipinski definition) is 2. The summed E-state index contributed by atoms with van der Waals surface area (Å²) in [5, 5.41) is 0. The van der Waals surface area contributed by atoms with Crippen LogP contribution in [0, 0.1) is 0 Å². The van der Waals surface area contributed by atoms with Crippen molar-refractivity contribution in [2.24, 2.45) is 11.5 Å². The van der Waals surface area contributed by atoms with Crippen molar-refractivity contribution in [3.8, 4) is 0 Å². The summed E-state index contributed by atoms with van der Waals surface area (Å²) in [5.74, 6) is -1.93. The molecule has 1 rings (SSSR count). The second-order valence-corrected chi connectivity index (χ2v) is 2.92. The Morgan fingerprint density at radius 3 is 2.25 bits per heavy atom. The van der Waals surface area contributed by atoms with E-state index in [9.17, 15) is 4.39 Å². The summed E-state index contributed by atoms with van der Waals surface area (Å²) in [6.07, 6.45) is 0. The van der Waals surface area contributed by atoms with Crippen molar-refractivity contribution in [3.05, 3.63) is 35.9 Å². The lowest BCUT2D eigenvalue weighted by Crippen LogP contribution is -2.47. The van der Waals surface area contributed by atoms with Crippen molar-refractivity contribution in [1.82, 2.24) is 0 Å². The lowest BCUT2D eigenvalue weighted by Gasteiger charge is -2.24. The van der Waals surface area contributed by atoms with Crippen LogP contribution in [-0.2, 0) is 5.79 Å². The molecule has 0 saturated heterocycles. The second kappa shape index (κ2) is 3.21. The fourth-order valence-corrected chi connectivity index (χ4v) is 0.956. The van der Waals surface area contributed by atoms with Crippen LogP contribution in [0.5, 0.6) is 0 Å². The van der Waals surface area contributed by atoms with Gasteiger partial charge in [0.05, 0.1) is 6.04 Å². The van der Waals surface area contributed by atoms with Gasteiger partial charge >= 0.3 is 0 Å². The molecular weight excluding hydrogens is 155 g/mol. The zero-order valence-corrected chi connectivity index (χ0v) is 7.00. The van der Waals surface area contributed by atoms with Crippen molar-refractivity contribution in [2.45, 2.75) is 18.8 Å². The minimum absolute atomic E-state index is 0.417. The number of benzene rings is 1. The average Bonchev–Trinajstić information content (AvgIpc) is 2.06. The minimum atomic E-state index is -1.93. The number of alkyl halides is 1. The topological polar surface area (TPSA) is 52.0 Å². The molecule has 0 fully saturated rings. The molecule has 1 aromatic carbocycles. The van der Waals surface area contributed by atoms with Crippen LogP contribution in [-0.4, -0.2) is 6.04 Å². The largest absolute Gasteiger partial charge is 0.324 e. The molecule has 0 saturated carbocycles.